The van der Waals surface area contributed by atoms with E-state index in [-0.39, 0.29) is 0 Å². The standard InChI is InChI=1S/C14H19N/c1-4-7-13-12-9-6-5-8-11(12)10-14(2,3)15-13/h4-6,8-9,13,15H,1,7,10H2,2-3H3/p+1. The minimum absolute atomic E-state index is 0.321. The molecule has 1 aromatic rings. The molecular weight excluding hydrogens is 182 g/mol. The van der Waals surface area contributed by atoms with Crippen LogP contribution in [0.1, 0.15) is 37.4 Å². The van der Waals surface area contributed by atoms with Crippen molar-refractivity contribution in [1.82, 2.24) is 0 Å². The Bertz CT molecular complexity index is 365. The summed E-state index contributed by atoms with van der Waals surface area (Å²) in [5, 5.41) is 2.48. The number of rotatable bonds is 2. The van der Waals surface area contributed by atoms with Crippen molar-refractivity contribution in [2.24, 2.45) is 0 Å². The molecule has 0 amide bonds. The molecule has 1 atom stereocenters. The first kappa shape index (κ1) is 10.4. The quantitative estimate of drug-likeness (QED) is 0.708. The topological polar surface area (TPSA) is 16.6 Å². The van der Waals surface area contributed by atoms with Gasteiger partial charge in [0.05, 0.1) is 5.54 Å². The summed E-state index contributed by atoms with van der Waals surface area (Å²) in [7, 11) is 0. The third kappa shape index (κ3) is 2.13. The summed E-state index contributed by atoms with van der Waals surface area (Å²) in [6.07, 6.45) is 4.25. The molecule has 0 aromatic heterocycles. The molecule has 80 valence electrons. The van der Waals surface area contributed by atoms with E-state index in [4.69, 9.17) is 0 Å². The minimum atomic E-state index is 0.321. The van der Waals surface area contributed by atoms with Crippen molar-refractivity contribution in [3.8, 4) is 0 Å². The highest BCUT2D eigenvalue weighted by molar-refractivity contribution is 5.31. The maximum Gasteiger partial charge on any atom is 0.116 e. The van der Waals surface area contributed by atoms with Gasteiger partial charge in [0.25, 0.3) is 0 Å². The number of quaternary nitrogens is 1. The van der Waals surface area contributed by atoms with Gasteiger partial charge in [0.2, 0.25) is 0 Å². The molecule has 0 saturated heterocycles. The molecule has 1 aliphatic rings. The van der Waals surface area contributed by atoms with E-state index >= 15 is 0 Å². The van der Waals surface area contributed by atoms with Gasteiger partial charge < -0.3 is 5.32 Å². The molecule has 1 aliphatic heterocycles. The SMILES string of the molecule is C=CCC1[NH2+]C(C)(C)Cc2ccccc21. The van der Waals surface area contributed by atoms with Gasteiger partial charge in [-0.1, -0.05) is 30.3 Å². The molecule has 0 aliphatic carbocycles. The van der Waals surface area contributed by atoms with Crippen LogP contribution in [0.4, 0.5) is 0 Å². The molecule has 0 spiro atoms. The Morgan fingerprint density at radius 2 is 2.20 bits per heavy atom. The third-order valence-corrected chi connectivity index (χ3v) is 3.17. The van der Waals surface area contributed by atoms with Crippen molar-refractivity contribution < 1.29 is 5.32 Å². The highest BCUT2D eigenvalue weighted by atomic mass is 15.0. The lowest BCUT2D eigenvalue weighted by molar-refractivity contribution is -0.760. The van der Waals surface area contributed by atoms with Crippen LogP contribution in [0.3, 0.4) is 0 Å². The van der Waals surface area contributed by atoms with Crippen LogP contribution < -0.4 is 5.32 Å². The lowest BCUT2D eigenvalue weighted by atomic mass is 9.83. The summed E-state index contributed by atoms with van der Waals surface area (Å²) in [5.74, 6) is 0. The van der Waals surface area contributed by atoms with Gasteiger partial charge in [-0.2, -0.15) is 0 Å². The molecule has 2 N–H and O–H groups in total. The molecule has 1 heteroatoms. The van der Waals surface area contributed by atoms with Crippen LogP contribution in [0.2, 0.25) is 0 Å². The van der Waals surface area contributed by atoms with Gasteiger partial charge in [0, 0.05) is 18.4 Å². The average molecular weight is 202 g/mol. The summed E-state index contributed by atoms with van der Waals surface area (Å²) >= 11 is 0. The summed E-state index contributed by atoms with van der Waals surface area (Å²) in [4.78, 5) is 0. The van der Waals surface area contributed by atoms with E-state index in [0.29, 0.717) is 11.6 Å². The Morgan fingerprint density at radius 3 is 2.93 bits per heavy atom. The van der Waals surface area contributed by atoms with E-state index in [2.05, 4.69) is 50.0 Å². The van der Waals surface area contributed by atoms with Crippen molar-refractivity contribution in [3.63, 3.8) is 0 Å². The predicted octanol–water partition coefficient (Wildman–Crippen LogP) is 2.20. The summed E-state index contributed by atoms with van der Waals surface area (Å²) < 4.78 is 0. The lowest BCUT2D eigenvalue weighted by Crippen LogP contribution is -2.97. The monoisotopic (exact) mass is 202 g/mol. The Balaban J connectivity index is 2.38. The van der Waals surface area contributed by atoms with Gasteiger partial charge in [-0.05, 0) is 19.4 Å². The molecule has 1 aromatic carbocycles. The summed E-state index contributed by atoms with van der Waals surface area (Å²) in [5.41, 5.74) is 3.33. The lowest BCUT2D eigenvalue weighted by Gasteiger charge is -2.35. The van der Waals surface area contributed by atoms with Crippen LogP contribution in [0.25, 0.3) is 0 Å². The average Bonchev–Trinajstić information content (AvgIpc) is 2.16. The summed E-state index contributed by atoms with van der Waals surface area (Å²) in [6.45, 7) is 8.49. The van der Waals surface area contributed by atoms with Crippen LogP contribution in [0.15, 0.2) is 36.9 Å². The molecule has 1 unspecified atom stereocenters. The number of hydrogen-bond donors (Lipinski definition) is 1. The maximum absolute atomic E-state index is 3.86. The van der Waals surface area contributed by atoms with Crippen LogP contribution in [-0.2, 0) is 6.42 Å². The number of benzene rings is 1. The van der Waals surface area contributed by atoms with Crippen molar-refractivity contribution >= 4 is 0 Å². The largest absolute Gasteiger partial charge is 0.335 e. The number of nitrogens with two attached hydrogens (primary N) is 1. The summed E-state index contributed by atoms with van der Waals surface area (Å²) in [6, 6.07) is 9.37. The fourth-order valence-electron chi connectivity index (χ4n) is 2.62. The minimum Gasteiger partial charge on any atom is -0.335 e. The molecule has 0 bridgehead atoms. The zero-order valence-corrected chi connectivity index (χ0v) is 9.66. The zero-order valence-electron chi connectivity index (χ0n) is 9.66. The molecule has 1 heterocycles. The predicted molar refractivity (Wildman–Crippen MR) is 63.7 cm³/mol. The van der Waals surface area contributed by atoms with Crippen LogP contribution >= 0.6 is 0 Å². The molecular formula is C14H20N+. The number of fused-ring (bicyclic) bond motifs is 1. The molecule has 0 saturated carbocycles. The van der Waals surface area contributed by atoms with Gasteiger partial charge in [-0.25, -0.2) is 0 Å². The first-order chi connectivity index (χ1) is 7.12. The van der Waals surface area contributed by atoms with Crippen LogP contribution in [-0.4, -0.2) is 5.54 Å². The van der Waals surface area contributed by atoms with Crippen molar-refractivity contribution in [2.75, 3.05) is 0 Å². The second-order valence-electron chi connectivity index (χ2n) is 5.16. The van der Waals surface area contributed by atoms with E-state index in [1.165, 1.54) is 11.1 Å². The fraction of sp³-hybridized carbons (Fsp3) is 0.429. The van der Waals surface area contributed by atoms with Gasteiger partial charge in [0.1, 0.15) is 6.04 Å². The Hall–Kier alpha value is -1.08. The molecule has 0 radical (unpaired) electrons. The highest BCUT2D eigenvalue weighted by Gasteiger charge is 2.33. The normalized spacial score (nSPS) is 23.2. The molecule has 0 fully saturated rings. The van der Waals surface area contributed by atoms with E-state index in [9.17, 15) is 0 Å². The van der Waals surface area contributed by atoms with E-state index < -0.39 is 0 Å². The van der Waals surface area contributed by atoms with E-state index in [1.54, 1.807) is 0 Å². The van der Waals surface area contributed by atoms with Gasteiger partial charge in [-0.15, -0.1) is 6.58 Å². The third-order valence-electron chi connectivity index (χ3n) is 3.17. The molecule has 1 nitrogen and oxygen atoms in total. The first-order valence-corrected chi connectivity index (χ1v) is 5.67. The maximum atomic E-state index is 3.86. The number of hydrogen-bond acceptors (Lipinski definition) is 0. The van der Waals surface area contributed by atoms with Gasteiger partial charge in [0.15, 0.2) is 0 Å². The second-order valence-corrected chi connectivity index (χ2v) is 5.16. The Morgan fingerprint density at radius 1 is 1.47 bits per heavy atom. The van der Waals surface area contributed by atoms with Crippen LogP contribution in [0.5, 0.6) is 0 Å². The smallest absolute Gasteiger partial charge is 0.116 e. The van der Waals surface area contributed by atoms with Crippen molar-refractivity contribution in [2.45, 2.75) is 38.3 Å². The van der Waals surface area contributed by atoms with Crippen molar-refractivity contribution in [3.05, 3.63) is 48.0 Å². The van der Waals surface area contributed by atoms with Crippen LogP contribution in [0, 0.1) is 0 Å². The Kier molecular flexibility index (Phi) is 2.66. The van der Waals surface area contributed by atoms with E-state index in [1.807, 2.05) is 6.08 Å². The van der Waals surface area contributed by atoms with Gasteiger partial charge >= 0.3 is 0 Å². The molecule has 15 heavy (non-hydrogen) atoms. The zero-order chi connectivity index (χ0) is 10.9. The fourth-order valence-corrected chi connectivity index (χ4v) is 2.62. The first-order valence-electron chi connectivity index (χ1n) is 5.67. The Labute approximate surface area is 92.2 Å². The van der Waals surface area contributed by atoms with E-state index in [0.717, 1.165) is 12.8 Å². The second kappa shape index (κ2) is 3.82. The van der Waals surface area contributed by atoms with Gasteiger partial charge in [-0.3, -0.25) is 0 Å². The molecule has 2 rings (SSSR count). The van der Waals surface area contributed by atoms with Crippen molar-refractivity contribution in [1.29, 1.82) is 0 Å². The highest BCUT2D eigenvalue weighted by Crippen LogP contribution is 2.26.